The van der Waals surface area contributed by atoms with Crippen LogP contribution in [0.1, 0.15) is 18.9 Å². The van der Waals surface area contributed by atoms with E-state index in [1.54, 1.807) is 0 Å². The Hall–Kier alpha value is -0.960. The van der Waals surface area contributed by atoms with Gasteiger partial charge in [-0.05, 0) is 30.0 Å². The van der Waals surface area contributed by atoms with Crippen molar-refractivity contribution in [2.75, 3.05) is 0 Å². The first-order chi connectivity index (χ1) is 6.04. The lowest BCUT2D eigenvalue weighted by Gasteiger charge is -2.09. The van der Waals surface area contributed by atoms with Crippen LogP contribution in [0.5, 0.6) is 0 Å². The highest BCUT2D eigenvalue weighted by molar-refractivity contribution is 5.30. The molecule has 70 valence electrons. The number of halogens is 2. The Morgan fingerprint density at radius 1 is 1.38 bits per heavy atom. The van der Waals surface area contributed by atoms with Crippen LogP contribution in [0.25, 0.3) is 0 Å². The third-order valence-electron chi connectivity index (χ3n) is 2.69. The van der Waals surface area contributed by atoms with E-state index in [-0.39, 0.29) is 5.92 Å². The van der Waals surface area contributed by atoms with Gasteiger partial charge in [0, 0.05) is 0 Å². The summed E-state index contributed by atoms with van der Waals surface area (Å²) in [5.41, 5.74) is -0.451. The lowest BCUT2D eigenvalue weighted by molar-refractivity contribution is 0.134. The van der Waals surface area contributed by atoms with E-state index in [1.807, 2.05) is 6.92 Å². The van der Waals surface area contributed by atoms with E-state index in [1.165, 1.54) is 6.07 Å². The SMILES string of the molecule is CC1CC1(O)c1ccc(F)c(F)c1. The normalized spacial score (nSPS) is 31.8. The Kier molecular flexibility index (Phi) is 1.67. The van der Waals surface area contributed by atoms with Crippen LogP contribution in [0.3, 0.4) is 0 Å². The predicted molar refractivity (Wildman–Crippen MR) is 44.0 cm³/mol. The fourth-order valence-electron chi connectivity index (χ4n) is 1.58. The third-order valence-corrected chi connectivity index (χ3v) is 2.69. The summed E-state index contributed by atoms with van der Waals surface area (Å²) in [6.45, 7) is 1.88. The monoisotopic (exact) mass is 184 g/mol. The van der Waals surface area contributed by atoms with Crippen molar-refractivity contribution in [1.82, 2.24) is 0 Å². The molecule has 0 aromatic heterocycles. The second-order valence-electron chi connectivity index (χ2n) is 3.66. The summed E-state index contributed by atoms with van der Waals surface area (Å²) in [7, 11) is 0. The van der Waals surface area contributed by atoms with Gasteiger partial charge in [0.1, 0.15) is 0 Å². The van der Waals surface area contributed by atoms with Gasteiger partial charge in [-0.15, -0.1) is 0 Å². The molecule has 2 rings (SSSR count). The van der Waals surface area contributed by atoms with Gasteiger partial charge in [0.05, 0.1) is 5.60 Å². The molecule has 0 bridgehead atoms. The molecule has 0 radical (unpaired) electrons. The van der Waals surface area contributed by atoms with Crippen LogP contribution in [-0.4, -0.2) is 5.11 Å². The maximum Gasteiger partial charge on any atom is 0.159 e. The third kappa shape index (κ3) is 1.23. The zero-order valence-electron chi connectivity index (χ0n) is 7.22. The van der Waals surface area contributed by atoms with Gasteiger partial charge in [0.25, 0.3) is 0 Å². The Balaban J connectivity index is 2.38. The van der Waals surface area contributed by atoms with E-state index in [0.29, 0.717) is 12.0 Å². The van der Waals surface area contributed by atoms with Gasteiger partial charge in [-0.25, -0.2) is 8.78 Å². The first kappa shape index (κ1) is 8.63. The average molecular weight is 184 g/mol. The molecule has 0 saturated heterocycles. The Bertz CT molecular complexity index is 351. The highest BCUT2D eigenvalue weighted by atomic mass is 19.2. The fourth-order valence-corrected chi connectivity index (χ4v) is 1.58. The topological polar surface area (TPSA) is 20.2 Å². The predicted octanol–water partition coefficient (Wildman–Crippen LogP) is 2.19. The molecule has 1 nitrogen and oxygen atoms in total. The maximum absolute atomic E-state index is 12.8. The van der Waals surface area contributed by atoms with Crippen LogP contribution < -0.4 is 0 Å². The Morgan fingerprint density at radius 2 is 2.00 bits per heavy atom. The minimum absolute atomic E-state index is 0.136. The van der Waals surface area contributed by atoms with Gasteiger partial charge >= 0.3 is 0 Å². The maximum atomic E-state index is 12.8. The van der Waals surface area contributed by atoms with Crippen molar-refractivity contribution in [3.05, 3.63) is 35.4 Å². The van der Waals surface area contributed by atoms with Crippen LogP contribution in [0.15, 0.2) is 18.2 Å². The highest BCUT2D eigenvalue weighted by Gasteiger charge is 2.51. The molecule has 2 atom stereocenters. The minimum Gasteiger partial charge on any atom is -0.385 e. The van der Waals surface area contributed by atoms with Crippen molar-refractivity contribution in [2.45, 2.75) is 18.9 Å². The van der Waals surface area contributed by atoms with E-state index in [4.69, 9.17) is 0 Å². The molecule has 0 spiro atoms. The molecule has 0 aliphatic heterocycles. The van der Waals surface area contributed by atoms with E-state index in [0.717, 1.165) is 12.1 Å². The first-order valence-corrected chi connectivity index (χ1v) is 4.22. The Morgan fingerprint density at radius 3 is 2.46 bits per heavy atom. The van der Waals surface area contributed by atoms with E-state index in [9.17, 15) is 13.9 Å². The molecule has 13 heavy (non-hydrogen) atoms. The van der Waals surface area contributed by atoms with Gasteiger partial charge < -0.3 is 5.11 Å². The van der Waals surface area contributed by atoms with Crippen molar-refractivity contribution in [2.24, 2.45) is 5.92 Å². The van der Waals surface area contributed by atoms with Crippen LogP contribution in [0, 0.1) is 17.6 Å². The van der Waals surface area contributed by atoms with E-state index >= 15 is 0 Å². The standard InChI is InChI=1S/C10H10F2O/c1-6-5-10(6,13)7-2-3-8(11)9(12)4-7/h2-4,6,13H,5H2,1H3. The molecule has 2 unspecified atom stereocenters. The van der Waals surface area contributed by atoms with Gasteiger partial charge in [-0.1, -0.05) is 13.0 Å². The zero-order chi connectivity index (χ0) is 9.64. The highest BCUT2D eigenvalue weighted by Crippen LogP contribution is 2.51. The molecule has 1 aliphatic rings. The number of benzene rings is 1. The molecular formula is C10H10F2O. The number of hydrogen-bond acceptors (Lipinski definition) is 1. The van der Waals surface area contributed by atoms with Crippen LogP contribution in [-0.2, 0) is 5.60 Å². The van der Waals surface area contributed by atoms with Crippen LogP contribution in [0.4, 0.5) is 8.78 Å². The summed E-state index contributed by atoms with van der Waals surface area (Å²) >= 11 is 0. The summed E-state index contributed by atoms with van der Waals surface area (Å²) in [6.07, 6.45) is 0.623. The molecule has 1 fully saturated rings. The average Bonchev–Trinajstić information content (AvgIpc) is 2.67. The van der Waals surface area contributed by atoms with Crippen molar-refractivity contribution < 1.29 is 13.9 Å². The first-order valence-electron chi connectivity index (χ1n) is 4.22. The van der Waals surface area contributed by atoms with Gasteiger partial charge in [-0.2, -0.15) is 0 Å². The molecule has 0 amide bonds. The smallest absolute Gasteiger partial charge is 0.159 e. The second kappa shape index (κ2) is 2.51. The lowest BCUT2D eigenvalue weighted by atomic mass is 10.1. The minimum atomic E-state index is -0.922. The molecule has 1 aliphatic carbocycles. The molecule has 3 heteroatoms. The summed E-state index contributed by atoms with van der Waals surface area (Å²) in [5.74, 6) is -1.64. The zero-order valence-corrected chi connectivity index (χ0v) is 7.22. The van der Waals surface area contributed by atoms with Crippen LogP contribution >= 0.6 is 0 Å². The molecule has 1 aromatic rings. The molecule has 0 heterocycles. The summed E-state index contributed by atoms with van der Waals surface area (Å²) in [4.78, 5) is 0. The van der Waals surface area contributed by atoms with E-state index in [2.05, 4.69) is 0 Å². The van der Waals surface area contributed by atoms with Gasteiger partial charge in [0.15, 0.2) is 11.6 Å². The molecular weight excluding hydrogens is 174 g/mol. The largest absolute Gasteiger partial charge is 0.385 e. The van der Waals surface area contributed by atoms with E-state index < -0.39 is 17.2 Å². The molecule has 1 aromatic carbocycles. The fraction of sp³-hybridized carbons (Fsp3) is 0.400. The van der Waals surface area contributed by atoms with Crippen molar-refractivity contribution in [3.63, 3.8) is 0 Å². The Labute approximate surface area is 75.0 Å². The molecule has 1 N–H and O–H groups in total. The summed E-state index contributed by atoms with van der Waals surface area (Å²) in [6, 6.07) is 3.55. The van der Waals surface area contributed by atoms with Crippen molar-refractivity contribution >= 4 is 0 Å². The van der Waals surface area contributed by atoms with Crippen molar-refractivity contribution in [1.29, 1.82) is 0 Å². The molecule has 1 saturated carbocycles. The summed E-state index contributed by atoms with van der Waals surface area (Å²) < 4.78 is 25.3. The van der Waals surface area contributed by atoms with Crippen LogP contribution in [0.2, 0.25) is 0 Å². The summed E-state index contributed by atoms with van der Waals surface area (Å²) in [5, 5.41) is 9.79. The quantitative estimate of drug-likeness (QED) is 0.709. The van der Waals surface area contributed by atoms with Crippen molar-refractivity contribution in [3.8, 4) is 0 Å². The lowest BCUT2D eigenvalue weighted by Crippen LogP contribution is -2.08. The number of aliphatic hydroxyl groups is 1. The second-order valence-corrected chi connectivity index (χ2v) is 3.66. The number of rotatable bonds is 1. The van der Waals surface area contributed by atoms with Gasteiger partial charge in [0.2, 0.25) is 0 Å². The van der Waals surface area contributed by atoms with Gasteiger partial charge in [-0.3, -0.25) is 0 Å². The number of hydrogen-bond donors (Lipinski definition) is 1.